The predicted molar refractivity (Wildman–Crippen MR) is 88.2 cm³/mol. The number of carbonyl (C=O) groups excluding carboxylic acids is 1. The van der Waals surface area contributed by atoms with Crippen LogP contribution in [0.5, 0.6) is 0 Å². The molecule has 25 heavy (non-hydrogen) atoms. The van der Waals surface area contributed by atoms with Crippen molar-refractivity contribution in [1.29, 1.82) is 5.26 Å². The van der Waals surface area contributed by atoms with E-state index >= 15 is 0 Å². The van der Waals surface area contributed by atoms with Crippen LogP contribution in [0, 0.1) is 11.3 Å². The minimum atomic E-state index is -0.576. The van der Waals surface area contributed by atoms with E-state index in [1.54, 1.807) is 24.7 Å². The average molecular weight is 354 g/mol. The summed E-state index contributed by atoms with van der Waals surface area (Å²) in [5, 5.41) is 19.9. The van der Waals surface area contributed by atoms with Gasteiger partial charge in [0.15, 0.2) is 6.17 Å². The number of amides is 1. The van der Waals surface area contributed by atoms with E-state index in [-0.39, 0.29) is 17.5 Å². The summed E-state index contributed by atoms with van der Waals surface area (Å²) in [5.74, 6) is -0.337. The third-order valence-electron chi connectivity index (χ3n) is 3.39. The molecule has 0 radical (unpaired) electrons. The number of pyridine rings is 2. The molecule has 1 atom stereocenters. The molecule has 0 saturated carbocycles. The maximum atomic E-state index is 12.5. The molecule has 0 aliphatic rings. The van der Waals surface area contributed by atoms with Crippen LogP contribution >= 0.6 is 11.6 Å². The molecule has 0 aliphatic carbocycles. The number of rotatable bonds is 5. The van der Waals surface area contributed by atoms with Crippen molar-refractivity contribution in [3.05, 3.63) is 71.0 Å². The molecule has 3 aromatic heterocycles. The first-order valence-electron chi connectivity index (χ1n) is 7.28. The molecule has 0 fully saturated rings. The molecular weight excluding hydrogens is 342 g/mol. The third kappa shape index (κ3) is 3.97. The lowest BCUT2D eigenvalue weighted by atomic mass is 10.1. The third-order valence-corrected chi connectivity index (χ3v) is 3.60. The number of nitrogens with zero attached hydrogens (tertiary/aromatic N) is 6. The Bertz CT molecular complexity index is 906. The maximum absolute atomic E-state index is 12.5. The van der Waals surface area contributed by atoms with Crippen molar-refractivity contribution in [2.75, 3.05) is 0 Å². The van der Waals surface area contributed by atoms with Gasteiger partial charge < -0.3 is 5.32 Å². The highest BCUT2D eigenvalue weighted by Crippen LogP contribution is 2.15. The highest BCUT2D eigenvalue weighted by atomic mass is 35.5. The number of nitrogens with one attached hydrogen (secondary N) is 1. The van der Waals surface area contributed by atoms with Crippen molar-refractivity contribution in [2.24, 2.45) is 0 Å². The van der Waals surface area contributed by atoms with E-state index in [1.165, 1.54) is 23.0 Å². The van der Waals surface area contributed by atoms with Crippen LogP contribution in [0.2, 0.25) is 5.15 Å². The summed E-state index contributed by atoms with van der Waals surface area (Å²) in [7, 11) is 0. The molecule has 3 aromatic rings. The second-order valence-electron chi connectivity index (χ2n) is 5.06. The summed E-state index contributed by atoms with van der Waals surface area (Å²) in [6, 6.07) is 8.63. The molecule has 3 rings (SSSR count). The Balaban J connectivity index is 1.82. The van der Waals surface area contributed by atoms with Gasteiger partial charge in [0.2, 0.25) is 5.91 Å². The zero-order valence-corrected chi connectivity index (χ0v) is 13.6. The van der Waals surface area contributed by atoms with Crippen molar-refractivity contribution in [3.8, 4) is 6.07 Å². The van der Waals surface area contributed by atoms with E-state index in [2.05, 4.69) is 25.6 Å². The lowest BCUT2D eigenvalue weighted by Crippen LogP contribution is -2.35. The van der Waals surface area contributed by atoms with Crippen LogP contribution in [0.25, 0.3) is 0 Å². The Labute approximate surface area is 148 Å². The van der Waals surface area contributed by atoms with Crippen LogP contribution in [0.3, 0.4) is 0 Å². The lowest BCUT2D eigenvalue weighted by Gasteiger charge is -2.18. The maximum Gasteiger partial charge on any atom is 0.227 e. The van der Waals surface area contributed by atoms with Crippen LogP contribution in [0.15, 0.2) is 49.1 Å². The highest BCUT2D eigenvalue weighted by Gasteiger charge is 2.19. The van der Waals surface area contributed by atoms with Crippen LogP contribution in [-0.2, 0) is 11.2 Å². The van der Waals surface area contributed by atoms with Crippen molar-refractivity contribution < 1.29 is 4.79 Å². The summed E-state index contributed by atoms with van der Waals surface area (Å²) in [5.41, 5.74) is 1.36. The van der Waals surface area contributed by atoms with Gasteiger partial charge in [0, 0.05) is 24.2 Å². The molecule has 0 aliphatic heterocycles. The summed E-state index contributed by atoms with van der Waals surface area (Å²) >= 11 is 5.86. The Kier molecular flexibility index (Phi) is 4.97. The van der Waals surface area contributed by atoms with Gasteiger partial charge in [0.05, 0.1) is 23.9 Å². The number of nitriles is 1. The van der Waals surface area contributed by atoms with E-state index in [4.69, 9.17) is 16.9 Å². The van der Waals surface area contributed by atoms with Crippen molar-refractivity contribution in [1.82, 2.24) is 30.3 Å². The highest BCUT2D eigenvalue weighted by molar-refractivity contribution is 6.29. The molecule has 0 saturated heterocycles. The van der Waals surface area contributed by atoms with Gasteiger partial charge in [-0.2, -0.15) is 5.26 Å². The van der Waals surface area contributed by atoms with Crippen molar-refractivity contribution in [3.63, 3.8) is 0 Å². The largest absolute Gasteiger partial charge is 0.330 e. The molecule has 1 amide bonds. The van der Waals surface area contributed by atoms with Crippen molar-refractivity contribution in [2.45, 2.75) is 12.6 Å². The molecule has 124 valence electrons. The fourth-order valence-electron chi connectivity index (χ4n) is 2.26. The Morgan fingerprint density at radius 1 is 1.36 bits per heavy atom. The Morgan fingerprint density at radius 2 is 2.24 bits per heavy atom. The summed E-state index contributed by atoms with van der Waals surface area (Å²) in [6.07, 6.45) is 5.75. The summed E-state index contributed by atoms with van der Waals surface area (Å²) in [4.78, 5) is 20.6. The average Bonchev–Trinajstić information content (AvgIpc) is 3.15. The fourth-order valence-corrected chi connectivity index (χ4v) is 2.43. The molecule has 0 spiro atoms. The van der Waals surface area contributed by atoms with Gasteiger partial charge in [-0.3, -0.25) is 9.78 Å². The van der Waals surface area contributed by atoms with Gasteiger partial charge in [-0.15, -0.1) is 5.10 Å². The molecule has 0 bridgehead atoms. The SMILES string of the molecule is N#Cc1ccc(Cl)nc1CC(=O)NC(c1cccnc1)n1ccnn1. The molecule has 8 nitrogen and oxygen atoms in total. The topological polar surface area (TPSA) is 109 Å². The van der Waals surface area contributed by atoms with Gasteiger partial charge in [-0.1, -0.05) is 22.9 Å². The first-order chi connectivity index (χ1) is 12.2. The number of aromatic nitrogens is 5. The number of hydrogen-bond donors (Lipinski definition) is 1. The molecular formula is C16H12ClN7O. The molecule has 0 aromatic carbocycles. The first kappa shape index (κ1) is 16.5. The minimum Gasteiger partial charge on any atom is -0.330 e. The number of carbonyl (C=O) groups is 1. The number of hydrogen-bond acceptors (Lipinski definition) is 6. The van der Waals surface area contributed by atoms with Gasteiger partial charge in [-0.25, -0.2) is 9.67 Å². The monoisotopic (exact) mass is 353 g/mol. The van der Waals surface area contributed by atoms with Gasteiger partial charge in [0.25, 0.3) is 0 Å². The fraction of sp³-hybridized carbons (Fsp3) is 0.125. The molecule has 1 unspecified atom stereocenters. The second kappa shape index (κ2) is 7.51. The number of halogens is 1. The summed E-state index contributed by atoms with van der Waals surface area (Å²) < 4.78 is 1.51. The minimum absolute atomic E-state index is 0.0884. The van der Waals surface area contributed by atoms with Crippen LogP contribution in [0.1, 0.15) is 23.0 Å². The second-order valence-corrected chi connectivity index (χ2v) is 5.44. The quantitative estimate of drug-likeness (QED) is 0.696. The Hall–Kier alpha value is -3.31. The van der Waals surface area contributed by atoms with Gasteiger partial charge >= 0.3 is 0 Å². The van der Waals surface area contributed by atoms with Gasteiger partial charge in [-0.05, 0) is 18.2 Å². The van der Waals surface area contributed by atoms with Crippen LogP contribution in [-0.4, -0.2) is 30.9 Å². The van der Waals surface area contributed by atoms with Crippen molar-refractivity contribution >= 4 is 17.5 Å². The van der Waals surface area contributed by atoms with E-state index in [0.29, 0.717) is 11.3 Å². The smallest absolute Gasteiger partial charge is 0.227 e. The van der Waals surface area contributed by atoms with E-state index < -0.39 is 6.17 Å². The zero-order chi connectivity index (χ0) is 17.6. The Morgan fingerprint density at radius 3 is 2.92 bits per heavy atom. The van der Waals surface area contributed by atoms with E-state index in [0.717, 1.165) is 5.56 Å². The molecule has 1 N–H and O–H groups in total. The predicted octanol–water partition coefficient (Wildman–Crippen LogP) is 1.50. The molecule has 3 heterocycles. The van der Waals surface area contributed by atoms with E-state index in [1.807, 2.05) is 12.1 Å². The standard InChI is InChI=1S/C16H12ClN7O/c17-14-4-3-11(9-18)13(21-14)8-15(25)22-16(24-7-6-20-23-24)12-2-1-5-19-10-12/h1-7,10,16H,8H2,(H,22,25). The normalized spacial score (nSPS) is 11.5. The first-order valence-corrected chi connectivity index (χ1v) is 7.66. The zero-order valence-electron chi connectivity index (χ0n) is 12.9. The van der Waals surface area contributed by atoms with Crippen LogP contribution in [0.4, 0.5) is 0 Å². The summed E-state index contributed by atoms with van der Waals surface area (Å²) in [6.45, 7) is 0. The molecule has 9 heteroatoms. The lowest BCUT2D eigenvalue weighted by molar-refractivity contribution is -0.121. The van der Waals surface area contributed by atoms with Gasteiger partial charge in [0.1, 0.15) is 11.2 Å². The van der Waals surface area contributed by atoms with Crippen LogP contribution < -0.4 is 5.32 Å². The van der Waals surface area contributed by atoms with E-state index in [9.17, 15) is 4.79 Å².